The molecule has 0 N–H and O–H groups in total. The number of unbranched alkanes of at least 4 members (excludes halogenated alkanes) is 1. The van der Waals surface area contributed by atoms with E-state index < -0.39 is 17.4 Å². The summed E-state index contributed by atoms with van der Waals surface area (Å²) >= 11 is 0. The number of rotatable bonds is 9. The summed E-state index contributed by atoms with van der Waals surface area (Å²) < 4.78 is 10.9. The Balaban J connectivity index is 2.64. The minimum absolute atomic E-state index is 0.245. The van der Waals surface area contributed by atoms with Crippen LogP contribution >= 0.6 is 0 Å². The van der Waals surface area contributed by atoms with Crippen molar-refractivity contribution < 1.29 is 19.1 Å². The van der Waals surface area contributed by atoms with Gasteiger partial charge in [0.25, 0.3) is 0 Å². The van der Waals surface area contributed by atoms with E-state index in [1.165, 1.54) is 0 Å². The fraction of sp³-hybridized carbons (Fsp3) is 0.636. The second-order valence-electron chi connectivity index (χ2n) is 7.07. The molecule has 0 fully saturated rings. The van der Waals surface area contributed by atoms with Gasteiger partial charge in [-0.2, -0.15) is 0 Å². The molecular formula is C22H33NO4. The van der Waals surface area contributed by atoms with Gasteiger partial charge in [-0.25, -0.2) is 0 Å². The van der Waals surface area contributed by atoms with Crippen LogP contribution in [0.1, 0.15) is 58.9 Å². The number of nitrogens with zero attached hydrogens (tertiary/aromatic N) is 1. The summed E-state index contributed by atoms with van der Waals surface area (Å²) in [5.41, 5.74) is 0.806. The van der Waals surface area contributed by atoms with Gasteiger partial charge in [0.15, 0.2) is 5.41 Å². The van der Waals surface area contributed by atoms with Crippen LogP contribution in [0.4, 0.5) is 5.69 Å². The van der Waals surface area contributed by atoms with Crippen LogP contribution in [-0.2, 0) is 25.5 Å². The van der Waals surface area contributed by atoms with E-state index in [-0.39, 0.29) is 19.3 Å². The van der Waals surface area contributed by atoms with Crippen LogP contribution in [0.15, 0.2) is 24.3 Å². The van der Waals surface area contributed by atoms with E-state index in [4.69, 9.17) is 9.47 Å². The zero-order chi connectivity index (χ0) is 19.9. The third-order valence-corrected chi connectivity index (χ3v) is 5.31. The number of anilines is 1. The summed E-state index contributed by atoms with van der Waals surface area (Å²) in [5, 5.41) is 0. The quantitative estimate of drug-likeness (QED) is 0.480. The fourth-order valence-electron chi connectivity index (χ4n) is 4.09. The molecule has 0 bridgehead atoms. The molecule has 0 saturated carbocycles. The third-order valence-electron chi connectivity index (χ3n) is 5.31. The Kier molecular flexibility index (Phi) is 7.69. The highest BCUT2D eigenvalue weighted by Gasteiger charge is 2.59. The first kappa shape index (κ1) is 21.3. The van der Waals surface area contributed by atoms with E-state index in [0.29, 0.717) is 6.42 Å². The first-order valence-corrected chi connectivity index (χ1v) is 10.3. The number of hydrogen-bond acceptors (Lipinski definition) is 5. The minimum Gasteiger partial charge on any atom is -0.465 e. The Morgan fingerprint density at radius 3 is 2.22 bits per heavy atom. The van der Waals surface area contributed by atoms with Gasteiger partial charge in [0, 0.05) is 18.7 Å². The molecule has 1 atom stereocenters. The number of ether oxygens (including phenoxy) is 2. The molecule has 2 rings (SSSR count). The maximum atomic E-state index is 13.2. The number of carbonyl (C=O) groups is 2. The lowest BCUT2D eigenvalue weighted by Crippen LogP contribution is -2.61. The molecule has 5 heteroatoms. The second kappa shape index (κ2) is 9.77. The van der Waals surface area contributed by atoms with Crippen LogP contribution in [0.2, 0.25) is 0 Å². The van der Waals surface area contributed by atoms with Crippen LogP contribution in [-0.4, -0.2) is 37.7 Å². The highest BCUT2D eigenvalue weighted by Crippen LogP contribution is 2.45. The molecule has 27 heavy (non-hydrogen) atoms. The highest BCUT2D eigenvalue weighted by molar-refractivity contribution is 6.02. The summed E-state index contributed by atoms with van der Waals surface area (Å²) in [6, 6.07) is 7.81. The molecule has 0 amide bonds. The topological polar surface area (TPSA) is 55.8 Å². The van der Waals surface area contributed by atoms with Crippen molar-refractivity contribution in [1.82, 2.24) is 0 Å². The highest BCUT2D eigenvalue weighted by atomic mass is 16.6. The van der Waals surface area contributed by atoms with Gasteiger partial charge in [0.2, 0.25) is 0 Å². The number of para-hydroxylation sites is 1. The van der Waals surface area contributed by atoms with Crippen molar-refractivity contribution >= 4 is 17.6 Å². The van der Waals surface area contributed by atoms with E-state index in [9.17, 15) is 9.59 Å². The SMILES string of the molecule is CCCCN1c2ccccc2CC(C(=O)OCC)(C(=O)OCC)[C@@H]1CCC. The number of benzene rings is 1. The lowest BCUT2D eigenvalue weighted by molar-refractivity contribution is -0.174. The van der Waals surface area contributed by atoms with Crippen LogP contribution in [0.25, 0.3) is 0 Å². The molecule has 150 valence electrons. The molecule has 5 nitrogen and oxygen atoms in total. The third kappa shape index (κ3) is 4.12. The Morgan fingerprint density at radius 2 is 1.67 bits per heavy atom. The summed E-state index contributed by atoms with van der Waals surface area (Å²) in [4.78, 5) is 28.7. The van der Waals surface area contributed by atoms with Crippen molar-refractivity contribution in [2.75, 3.05) is 24.7 Å². The largest absolute Gasteiger partial charge is 0.465 e. The summed E-state index contributed by atoms with van der Waals surface area (Å²) in [7, 11) is 0. The van der Waals surface area contributed by atoms with E-state index in [0.717, 1.165) is 43.5 Å². The summed E-state index contributed by atoms with van der Waals surface area (Å²) in [6.45, 7) is 9.08. The Hall–Kier alpha value is -2.04. The zero-order valence-corrected chi connectivity index (χ0v) is 17.1. The summed E-state index contributed by atoms with van der Waals surface area (Å²) in [5.74, 6) is -0.921. The molecule has 1 aliphatic rings. The molecule has 0 unspecified atom stereocenters. The predicted molar refractivity (Wildman–Crippen MR) is 107 cm³/mol. The molecular weight excluding hydrogens is 342 g/mol. The van der Waals surface area contributed by atoms with Crippen molar-refractivity contribution in [2.24, 2.45) is 5.41 Å². The van der Waals surface area contributed by atoms with Gasteiger partial charge in [0.1, 0.15) is 0 Å². The van der Waals surface area contributed by atoms with Gasteiger partial charge in [-0.05, 0) is 38.3 Å². The lowest BCUT2D eigenvalue weighted by Gasteiger charge is -2.48. The van der Waals surface area contributed by atoms with Crippen LogP contribution < -0.4 is 4.90 Å². The molecule has 0 aromatic heterocycles. The van der Waals surface area contributed by atoms with Gasteiger partial charge in [0.05, 0.1) is 19.3 Å². The van der Waals surface area contributed by atoms with Crippen LogP contribution in [0.3, 0.4) is 0 Å². The lowest BCUT2D eigenvalue weighted by atomic mass is 9.69. The zero-order valence-electron chi connectivity index (χ0n) is 17.1. The molecule has 0 aliphatic carbocycles. The number of esters is 2. The minimum atomic E-state index is -1.32. The molecule has 1 aromatic carbocycles. The van der Waals surface area contributed by atoms with Gasteiger partial charge < -0.3 is 14.4 Å². The first-order valence-electron chi connectivity index (χ1n) is 10.3. The van der Waals surface area contributed by atoms with Crippen molar-refractivity contribution in [3.05, 3.63) is 29.8 Å². The fourth-order valence-corrected chi connectivity index (χ4v) is 4.09. The van der Waals surface area contributed by atoms with Gasteiger partial charge in [-0.15, -0.1) is 0 Å². The predicted octanol–water partition coefficient (Wildman–Crippen LogP) is 4.13. The van der Waals surface area contributed by atoms with Crippen molar-refractivity contribution in [3.63, 3.8) is 0 Å². The van der Waals surface area contributed by atoms with Crippen molar-refractivity contribution in [1.29, 1.82) is 0 Å². The molecule has 0 spiro atoms. The van der Waals surface area contributed by atoms with Gasteiger partial charge >= 0.3 is 11.9 Å². The number of carbonyl (C=O) groups excluding carboxylic acids is 2. The maximum Gasteiger partial charge on any atom is 0.325 e. The van der Waals surface area contributed by atoms with E-state index in [1.807, 2.05) is 18.2 Å². The smallest absolute Gasteiger partial charge is 0.325 e. The average molecular weight is 376 g/mol. The molecule has 1 aliphatic heterocycles. The van der Waals surface area contributed by atoms with E-state index in [1.54, 1.807) is 13.8 Å². The Morgan fingerprint density at radius 1 is 1.04 bits per heavy atom. The molecule has 0 radical (unpaired) electrons. The molecule has 1 aromatic rings. The number of hydrogen-bond donors (Lipinski definition) is 0. The Bertz CT molecular complexity index is 625. The summed E-state index contributed by atoms with van der Waals surface area (Å²) in [6.07, 6.45) is 3.97. The number of fused-ring (bicyclic) bond motifs is 1. The van der Waals surface area contributed by atoms with E-state index in [2.05, 4.69) is 24.8 Å². The van der Waals surface area contributed by atoms with Crippen molar-refractivity contribution in [2.45, 2.75) is 65.8 Å². The first-order chi connectivity index (χ1) is 13.1. The Labute approximate surface area is 163 Å². The molecule has 0 saturated heterocycles. The van der Waals surface area contributed by atoms with Crippen LogP contribution in [0.5, 0.6) is 0 Å². The van der Waals surface area contributed by atoms with Crippen LogP contribution in [0, 0.1) is 5.41 Å². The monoisotopic (exact) mass is 375 g/mol. The normalized spacial score (nSPS) is 17.9. The second-order valence-corrected chi connectivity index (χ2v) is 7.07. The van der Waals surface area contributed by atoms with Crippen molar-refractivity contribution in [3.8, 4) is 0 Å². The maximum absolute atomic E-state index is 13.2. The van der Waals surface area contributed by atoms with Gasteiger partial charge in [-0.3, -0.25) is 9.59 Å². The van der Waals surface area contributed by atoms with E-state index >= 15 is 0 Å². The average Bonchev–Trinajstić information content (AvgIpc) is 2.67. The van der Waals surface area contributed by atoms with Gasteiger partial charge in [-0.1, -0.05) is 44.9 Å². The standard InChI is InChI=1S/C22H33NO4/c1-5-9-15-23-18-14-11-10-13-17(18)16-22(19(23)12-6-2,20(24)26-7-3)21(25)27-8-4/h10-11,13-14,19H,5-9,12,15-16H2,1-4H3/t19-/m0/s1. The molecule has 1 heterocycles.